The molecule has 26 heavy (non-hydrogen) atoms. The summed E-state index contributed by atoms with van der Waals surface area (Å²) in [6.07, 6.45) is 6.59. The summed E-state index contributed by atoms with van der Waals surface area (Å²) in [6.45, 7) is 4.18. The van der Waals surface area contributed by atoms with Crippen molar-refractivity contribution in [3.05, 3.63) is 47.4 Å². The Morgan fingerprint density at radius 2 is 2.15 bits per heavy atom. The van der Waals surface area contributed by atoms with Crippen molar-refractivity contribution < 1.29 is 0 Å². The molecule has 0 aliphatic carbocycles. The smallest absolute Gasteiger partial charge is 0.132 e. The number of fused-ring (bicyclic) bond motifs is 1. The molecule has 1 N–H and O–H groups in total. The number of hydrogen-bond donors (Lipinski definition) is 1. The molecule has 2 aromatic rings. The van der Waals surface area contributed by atoms with Crippen molar-refractivity contribution in [2.75, 3.05) is 43.5 Å². The molecule has 0 radical (unpaired) electrons. The van der Waals surface area contributed by atoms with Crippen LogP contribution in [0.15, 0.2) is 30.6 Å². The molecule has 1 aromatic heterocycles. The monoisotopic (exact) mass is 351 g/mol. The minimum Gasteiger partial charge on any atom is -0.374 e. The zero-order valence-corrected chi connectivity index (χ0v) is 15.9. The summed E-state index contributed by atoms with van der Waals surface area (Å²) in [4.78, 5) is 13.6. The first-order chi connectivity index (χ1) is 12.7. The molecule has 1 saturated heterocycles. The number of anilines is 2. The fraction of sp³-hybridized carbons (Fsp3) is 0.524. The average molecular weight is 351 g/mol. The Kier molecular flexibility index (Phi) is 5.07. The standard InChI is InChI=1S/C21H29N5/c1-25-10-4-6-17-11-16(7-8-20(17)25)14-26(2)21-12-19(23-15-24-21)18-5-3-9-22-13-18/h7-8,11-12,15,18,22H,3-6,9-10,13-14H2,1-2H3/t18-/m0/s1. The van der Waals surface area contributed by atoms with Crippen LogP contribution in [0, 0.1) is 0 Å². The molecule has 0 unspecified atom stereocenters. The van der Waals surface area contributed by atoms with Crippen molar-refractivity contribution in [1.29, 1.82) is 0 Å². The van der Waals surface area contributed by atoms with Crippen molar-refractivity contribution in [3.63, 3.8) is 0 Å². The first-order valence-corrected chi connectivity index (χ1v) is 9.77. The number of nitrogens with one attached hydrogen (secondary N) is 1. The van der Waals surface area contributed by atoms with Crippen molar-refractivity contribution in [3.8, 4) is 0 Å². The number of nitrogens with zero attached hydrogens (tertiary/aromatic N) is 4. The molecule has 1 atom stereocenters. The van der Waals surface area contributed by atoms with E-state index < -0.39 is 0 Å². The lowest BCUT2D eigenvalue weighted by molar-refractivity contribution is 0.454. The Bertz CT molecular complexity index is 754. The largest absolute Gasteiger partial charge is 0.374 e. The molecule has 0 saturated carbocycles. The molecular weight excluding hydrogens is 322 g/mol. The summed E-state index contributed by atoms with van der Waals surface area (Å²) < 4.78 is 0. The van der Waals surface area contributed by atoms with Gasteiger partial charge in [-0.2, -0.15) is 0 Å². The summed E-state index contributed by atoms with van der Waals surface area (Å²) >= 11 is 0. The third kappa shape index (κ3) is 3.68. The third-order valence-corrected chi connectivity index (χ3v) is 5.69. The Morgan fingerprint density at radius 3 is 3.00 bits per heavy atom. The predicted octanol–water partition coefficient (Wildman–Crippen LogP) is 2.96. The highest BCUT2D eigenvalue weighted by molar-refractivity contribution is 5.56. The van der Waals surface area contributed by atoms with Gasteiger partial charge < -0.3 is 15.1 Å². The van der Waals surface area contributed by atoms with Gasteiger partial charge in [-0.05, 0) is 49.4 Å². The highest BCUT2D eigenvalue weighted by atomic mass is 15.2. The molecule has 2 aliphatic heterocycles. The third-order valence-electron chi connectivity index (χ3n) is 5.69. The molecule has 5 nitrogen and oxygen atoms in total. The van der Waals surface area contributed by atoms with E-state index in [1.165, 1.54) is 48.2 Å². The second-order valence-electron chi connectivity index (χ2n) is 7.69. The van der Waals surface area contributed by atoms with Crippen LogP contribution in [0.1, 0.15) is 42.0 Å². The van der Waals surface area contributed by atoms with Crippen molar-refractivity contribution in [2.45, 2.75) is 38.1 Å². The van der Waals surface area contributed by atoms with E-state index in [2.05, 4.69) is 63.4 Å². The van der Waals surface area contributed by atoms with E-state index in [0.717, 1.165) is 32.0 Å². The molecule has 138 valence electrons. The first kappa shape index (κ1) is 17.3. The molecule has 0 bridgehead atoms. The Balaban J connectivity index is 1.49. The SMILES string of the molecule is CN(Cc1ccc2c(c1)CCCN2C)c1cc([C@H]2CCCNC2)ncn1. The maximum absolute atomic E-state index is 4.54. The molecular formula is C21H29N5. The van der Waals surface area contributed by atoms with Gasteiger partial charge in [0, 0.05) is 51.4 Å². The number of hydrogen-bond acceptors (Lipinski definition) is 5. The number of aryl methyl sites for hydroxylation is 1. The highest BCUT2D eigenvalue weighted by Gasteiger charge is 2.18. The summed E-state index contributed by atoms with van der Waals surface area (Å²) in [5.41, 5.74) is 5.38. The molecule has 0 spiro atoms. The number of piperidine rings is 1. The molecule has 4 rings (SSSR count). The normalized spacial score (nSPS) is 19.9. The van der Waals surface area contributed by atoms with Gasteiger partial charge in [0.1, 0.15) is 12.1 Å². The summed E-state index contributed by atoms with van der Waals surface area (Å²) in [5, 5.41) is 3.48. The van der Waals surface area contributed by atoms with Crippen LogP contribution in [0.3, 0.4) is 0 Å². The van der Waals surface area contributed by atoms with Crippen molar-refractivity contribution >= 4 is 11.5 Å². The Hall–Kier alpha value is -2.14. The zero-order valence-electron chi connectivity index (χ0n) is 15.9. The van der Waals surface area contributed by atoms with E-state index in [1.807, 2.05) is 0 Å². The van der Waals surface area contributed by atoms with Gasteiger partial charge in [0.2, 0.25) is 0 Å². The van der Waals surface area contributed by atoms with E-state index >= 15 is 0 Å². The second kappa shape index (κ2) is 7.62. The summed E-state index contributed by atoms with van der Waals surface area (Å²) in [6, 6.07) is 9.07. The fourth-order valence-corrected chi connectivity index (χ4v) is 4.19. The van der Waals surface area contributed by atoms with E-state index in [9.17, 15) is 0 Å². The maximum Gasteiger partial charge on any atom is 0.132 e. The average Bonchev–Trinajstić information content (AvgIpc) is 2.69. The van der Waals surface area contributed by atoms with Crippen LogP contribution in [0.5, 0.6) is 0 Å². The van der Waals surface area contributed by atoms with Gasteiger partial charge in [-0.3, -0.25) is 0 Å². The molecule has 2 aliphatic rings. The topological polar surface area (TPSA) is 44.3 Å². The Labute approximate surface area is 156 Å². The van der Waals surface area contributed by atoms with E-state index in [1.54, 1.807) is 6.33 Å². The lowest BCUT2D eigenvalue weighted by atomic mass is 9.96. The minimum atomic E-state index is 0.512. The molecule has 0 amide bonds. The molecule has 5 heteroatoms. The predicted molar refractivity (Wildman–Crippen MR) is 107 cm³/mol. The maximum atomic E-state index is 4.54. The molecule has 3 heterocycles. The van der Waals surface area contributed by atoms with Crippen LogP contribution >= 0.6 is 0 Å². The van der Waals surface area contributed by atoms with Gasteiger partial charge in [-0.15, -0.1) is 0 Å². The zero-order chi connectivity index (χ0) is 17.9. The van der Waals surface area contributed by atoms with Gasteiger partial charge in [-0.25, -0.2) is 9.97 Å². The second-order valence-corrected chi connectivity index (χ2v) is 7.69. The fourth-order valence-electron chi connectivity index (χ4n) is 4.19. The highest BCUT2D eigenvalue weighted by Crippen LogP contribution is 2.28. The lowest BCUT2D eigenvalue weighted by Gasteiger charge is -2.28. The summed E-state index contributed by atoms with van der Waals surface area (Å²) in [5.74, 6) is 1.52. The molecule has 1 fully saturated rings. The van der Waals surface area contributed by atoms with Gasteiger partial charge in [-0.1, -0.05) is 12.1 Å². The van der Waals surface area contributed by atoms with Crippen LogP contribution in [-0.4, -0.2) is 43.7 Å². The first-order valence-electron chi connectivity index (χ1n) is 9.77. The van der Waals surface area contributed by atoms with Gasteiger partial charge in [0.25, 0.3) is 0 Å². The summed E-state index contributed by atoms with van der Waals surface area (Å²) in [7, 11) is 4.31. The van der Waals surface area contributed by atoms with Crippen molar-refractivity contribution in [1.82, 2.24) is 15.3 Å². The van der Waals surface area contributed by atoms with Crippen LogP contribution in [0.2, 0.25) is 0 Å². The minimum absolute atomic E-state index is 0.512. The Morgan fingerprint density at radius 1 is 1.23 bits per heavy atom. The molecule has 1 aromatic carbocycles. The van der Waals surface area contributed by atoms with Gasteiger partial charge in [0.15, 0.2) is 0 Å². The van der Waals surface area contributed by atoms with E-state index in [-0.39, 0.29) is 0 Å². The number of benzene rings is 1. The lowest BCUT2D eigenvalue weighted by Crippen LogP contribution is -2.29. The van der Waals surface area contributed by atoms with Crippen LogP contribution < -0.4 is 15.1 Å². The number of rotatable bonds is 4. The quantitative estimate of drug-likeness (QED) is 0.917. The van der Waals surface area contributed by atoms with Gasteiger partial charge in [0.05, 0.1) is 5.69 Å². The van der Waals surface area contributed by atoms with E-state index in [0.29, 0.717) is 5.92 Å². The van der Waals surface area contributed by atoms with Gasteiger partial charge >= 0.3 is 0 Å². The van der Waals surface area contributed by atoms with Crippen LogP contribution in [-0.2, 0) is 13.0 Å². The van der Waals surface area contributed by atoms with Crippen LogP contribution in [0.25, 0.3) is 0 Å². The number of aromatic nitrogens is 2. The van der Waals surface area contributed by atoms with E-state index in [4.69, 9.17) is 0 Å². The van der Waals surface area contributed by atoms with Crippen LogP contribution in [0.4, 0.5) is 11.5 Å². The van der Waals surface area contributed by atoms with Crippen molar-refractivity contribution in [2.24, 2.45) is 0 Å².